The van der Waals surface area contributed by atoms with Crippen LogP contribution in [-0.4, -0.2) is 61.6 Å². The lowest BCUT2D eigenvalue weighted by Gasteiger charge is -2.27. The second-order valence-corrected chi connectivity index (χ2v) is 6.91. The Balaban J connectivity index is 0.00000484. The number of likely N-dealkylation sites (tertiary alicyclic amines) is 1. The average Bonchev–Trinajstić information content (AvgIpc) is 2.95. The molecule has 0 aromatic rings. The molecule has 1 aliphatic heterocycles. The lowest BCUT2D eigenvalue weighted by molar-refractivity contribution is -0.121. The van der Waals surface area contributed by atoms with Gasteiger partial charge in [0.25, 0.3) is 0 Å². The van der Waals surface area contributed by atoms with Gasteiger partial charge in [0.2, 0.25) is 5.91 Å². The van der Waals surface area contributed by atoms with Gasteiger partial charge in [-0.2, -0.15) is 0 Å². The number of amides is 1. The van der Waals surface area contributed by atoms with Gasteiger partial charge < -0.3 is 16.0 Å². The fourth-order valence-corrected chi connectivity index (χ4v) is 2.70. The van der Waals surface area contributed by atoms with Crippen molar-refractivity contribution in [2.75, 3.05) is 33.2 Å². The summed E-state index contributed by atoms with van der Waals surface area (Å²) in [5.41, 5.74) is -0.210. The molecule has 136 valence electrons. The van der Waals surface area contributed by atoms with Crippen LogP contribution in [-0.2, 0) is 4.79 Å². The van der Waals surface area contributed by atoms with Crippen molar-refractivity contribution in [3.8, 4) is 0 Å². The molecule has 0 bridgehead atoms. The maximum atomic E-state index is 11.8. The second kappa shape index (κ2) is 11.1. The Morgan fingerprint density at radius 1 is 1.22 bits per heavy atom. The monoisotopic (exact) mass is 439 g/mol. The van der Waals surface area contributed by atoms with Gasteiger partial charge in [-0.3, -0.25) is 14.7 Å². The first-order valence-electron chi connectivity index (χ1n) is 8.35. The minimum Gasteiger partial charge on any atom is -0.355 e. The van der Waals surface area contributed by atoms with E-state index in [1.165, 1.54) is 25.9 Å². The third-order valence-electron chi connectivity index (χ3n) is 3.79. The largest absolute Gasteiger partial charge is 0.355 e. The number of guanidine groups is 1. The molecule has 1 saturated heterocycles. The van der Waals surface area contributed by atoms with Crippen LogP contribution < -0.4 is 16.0 Å². The summed E-state index contributed by atoms with van der Waals surface area (Å²) in [6.07, 6.45) is 3.72. The fourth-order valence-electron chi connectivity index (χ4n) is 2.70. The molecule has 1 aliphatic rings. The molecular weight excluding hydrogens is 405 g/mol. The summed E-state index contributed by atoms with van der Waals surface area (Å²) in [5.74, 6) is 0.656. The van der Waals surface area contributed by atoms with Crippen LogP contribution in [0.3, 0.4) is 0 Å². The quantitative estimate of drug-likeness (QED) is 0.334. The van der Waals surface area contributed by atoms with Gasteiger partial charge in [-0.25, -0.2) is 0 Å². The normalized spacial score (nSPS) is 17.3. The highest BCUT2D eigenvalue weighted by Gasteiger charge is 2.20. The molecule has 1 heterocycles. The predicted molar refractivity (Wildman–Crippen MR) is 108 cm³/mol. The molecule has 0 aromatic carbocycles. The van der Waals surface area contributed by atoms with Crippen molar-refractivity contribution in [3.63, 3.8) is 0 Å². The SMILES string of the molecule is CCC(CNC(=NC)NCC(=O)NC(C)(C)C)N1CCCC1.I. The van der Waals surface area contributed by atoms with E-state index < -0.39 is 0 Å². The maximum absolute atomic E-state index is 11.8. The number of nitrogens with one attached hydrogen (secondary N) is 3. The van der Waals surface area contributed by atoms with E-state index >= 15 is 0 Å². The Kier molecular flexibility index (Phi) is 10.8. The predicted octanol–water partition coefficient (Wildman–Crippen LogP) is 1.56. The van der Waals surface area contributed by atoms with E-state index in [4.69, 9.17) is 0 Å². The number of rotatable bonds is 6. The highest BCUT2D eigenvalue weighted by molar-refractivity contribution is 14.0. The molecule has 0 radical (unpaired) electrons. The number of hydrogen-bond acceptors (Lipinski definition) is 3. The Labute approximate surface area is 158 Å². The van der Waals surface area contributed by atoms with Crippen molar-refractivity contribution in [2.45, 2.75) is 58.5 Å². The summed E-state index contributed by atoms with van der Waals surface area (Å²) in [6.45, 7) is 11.6. The minimum atomic E-state index is -0.210. The topological polar surface area (TPSA) is 68.8 Å². The van der Waals surface area contributed by atoms with Crippen LogP contribution in [0.5, 0.6) is 0 Å². The van der Waals surface area contributed by atoms with Gasteiger partial charge in [-0.1, -0.05) is 6.92 Å². The van der Waals surface area contributed by atoms with Crippen LogP contribution in [0.25, 0.3) is 0 Å². The number of aliphatic imine (C=N–C) groups is 1. The number of carbonyl (C=O) groups is 1. The van der Waals surface area contributed by atoms with Crippen LogP contribution in [0.1, 0.15) is 47.0 Å². The molecule has 1 rings (SSSR count). The lowest BCUT2D eigenvalue weighted by atomic mass is 10.1. The zero-order chi connectivity index (χ0) is 16.6. The summed E-state index contributed by atoms with van der Waals surface area (Å²) in [6, 6.07) is 0.532. The van der Waals surface area contributed by atoms with E-state index in [1.54, 1.807) is 7.05 Å². The first kappa shape index (κ1) is 22.4. The molecule has 1 unspecified atom stereocenters. The molecule has 1 fully saturated rings. The van der Waals surface area contributed by atoms with Crippen LogP contribution >= 0.6 is 24.0 Å². The van der Waals surface area contributed by atoms with E-state index in [-0.39, 0.29) is 42.0 Å². The van der Waals surface area contributed by atoms with Crippen molar-refractivity contribution < 1.29 is 4.79 Å². The summed E-state index contributed by atoms with van der Waals surface area (Å²) in [5, 5.41) is 9.33. The Bertz CT molecular complexity index is 375. The van der Waals surface area contributed by atoms with Crippen LogP contribution in [0.15, 0.2) is 4.99 Å². The molecule has 7 heteroatoms. The van der Waals surface area contributed by atoms with E-state index in [9.17, 15) is 4.79 Å². The van der Waals surface area contributed by atoms with Gasteiger partial charge in [0.05, 0.1) is 6.54 Å². The molecule has 1 amide bonds. The van der Waals surface area contributed by atoms with Crippen LogP contribution in [0, 0.1) is 0 Å². The Hall–Kier alpha value is -0.570. The maximum Gasteiger partial charge on any atom is 0.239 e. The van der Waals surface area contributed by atoms with Crippen molar-refractivity contribution >= 4 is 35.8 Å². The Morgan fingerprint density at radius 2 is 1.83 bits per heavy atom. The average molecular weight is 439 g/mol. The first-order chi connectivity index (χ1) is 10.4. The first-order valence-corrected chi connectivity index (χ1v) is 8.35. The van der Waals surface area contributed by atoms with Gasteiger partial charge in [-0.05, 0) is 53.1 Å². The highest BCUT2D eigenvalue weighted by atomic mass is 127. The molecule has 0 spiro atoms. The summed E-state index contributed by atoms with van der Waals surface area (Å²) < 4.78 is 0. The summed E-state index contributed by atoms with van der Waals surface area (Å²) in [4.78, 5) is 18.5. The van der Waals surface area contributed by atoms with Gasteiger partial charge in [0, 0.05) is 25.2 Å². The fraction of sp³-hybridized carbons (Fsp3) is 0.875. The Morgan fingerprint density at radius 3 is 2.30 bits per heavy atom. The molecule has 0 saturated carbocycles. The molecule has 0 aromatic heterocycles. The van der Waals surface area contributed by atoms with E-state index in [0.29, 0.717) is 12.0 Å². The number of hydrogen-bond donors (Lipinski definition) is 3. The van der Waals surface area contributed by atoms with Gasteiger partial charge in [0.1, 0.15) is 0 Å². The van der Waals surface area contributed by atoms with Crippen molar-refractivity contribution in [1.82, 2.24) is 20.9 Å². The number of nitrogens with zero attached hydrogens (tertiary/aromatic N) is 2. The van der Waals surface area contributed by atoms with E-state index in [0.717, 1.165) is 13.0 Å². The molecule has 3 N–H and O–H groups in total. The lowest BCUT2D eigenvalue weighted by Crippen LogP contribution is -2.50. The van der Waals surface area contributed by atoms with Crippen LogP contribution in [0.4, 0.5) is 0 Å². The second-order valence-electron chi connectivity index (χ2n) is 6.91. The van der Waals surface area contributed by atoms with Gasteiger partial charge in [-0.15, -0.1) is 24.0 Å². The van der Waals surface area contributed by atoms with Crippen molar-refractivity contribution in [2.24, 2.45) is 4.99 Å². The van der Waals surface area contributed by atoms with Crippen LogP contribution in [0.2, 0.25) is 0 Å². The van der Waals surface area contributed by atoms with Crippen molar-refractivity contribution in [1.29, 1.82) is 0 Å². The zero-order valence-corrected chi connectivity index (χ0v) is 17.6. The molecule has 1 atom stereocenters. The summed E-state index contributed by atoms with van der Waals surface area (Å²) >= 11 is 0. The molecule has 23 heavy (non-hydrogen) atoms. The van der Waals surface area contributed by atoms with E-state index in [2.05, 4.69) is 32.8 Å². The third kappa shape index (κ3) is 9.34. The van der Waals surface area contributed by atoms with Gasteiger partial charge >= 0.3 is 0 Å². The number of halogens is 1. The van der Waals surface area contributed by atoms with Gasteiger partial charge in [0.15, 0.2) is 5.96 Å². The number of carbonyl (C=O) groups excluding carboxylic acids is 1. The molecule has 6 nitrogen and oxygen atoms in total. The molecular formula is C16H34IN5O. The minimum absolute atomic E-state index is 0. The van der Waals surface area contributed by atoms with Crippen molar-refractivity contribution in [3.05, 3.63) is 0 Å². The zero-order valence-electron chi connectivity index (χ0n) is 15.2. The molecule has 0 aliphatic carbocycles. The standard InChI is InChI=1S/C16H33N5O.HI/c1-6-13(21-9-7-8-10-21)11-18-15(17-5)19-12-14(22)20-16(2,3)4;/h13H,6-12H2,1-5H3,(H,20,22)(H2,17,18,19);1H. The highest BCUT2D eigenvalue weighted by Crippen LogP contribution is 2.13. The smallest absolute Gasteiger partial charge is 0.239 e. The summed E-state index contributed by atoms with van der Waals surface area (Å²) in [7, 11) is 1.73. The third-order valence-corrected chi connectivity index (χ3v) is 3.79. The van der Waals surface area contributed by atoms with E-state index in [1.807, 2.05) is 20.8 Å².